The van der Waals surface area contributed by atoms with E-state index < -0.39 is 23.0 Å². The zero-order valence-electron chi connectivity index (χ0n) is 28.0. The summed E-state index contributed by atoms with van der Waals surface area (Å²) in [6.45, 7) is 11.0. The Hall–Kier alpha value is -1.16. The molecule has 0 spiro atoms. The Labute approximate surface area is 270 Å². The summed E-state index contributed by atoms with van der Waals surface area (Å²) in [6, 6.07) is 0. The van der Waals surface area contributed by atoms with Crippen molar-refractivity contribution in [1.82, 2.24) is 4.90 Å². The molecule has 0 radical (unpaired) electrons. The summed E-state index contributed by atoms with van der Waals surface area (Å²) in [4.78, 5) is 41.1. The number of thioether (sulfide) groups is 1. The van der Waals surface area contributed by atoms with Crippen molar-refractivity contribution < 1.29 is 24.2 Å². The fourth-order valence-corrected chi connectivity index (χ4v) is 10.7. The third-order valence-electron chi connectivity index (χ3n) is 12.8. The molecule has 0 aromatic rings. The first-order valence-electron chi connectivity index (χ1n) is 17.6. The average Bonchev–Trinajstić information content (AvgIpc) is 3.37. The summed E-state index contributed by atoms with van der Waals surface area (Å²) in [5.41, 5.74) is 10.1. The maximum Gasteiger partial charge on any atom is 0.316 e. The third-order valence-corrected chi connectivity index (χ3v) is 14.1. The second-order valence-corrected chi connectivity index (χ2v) is 16.6. The van der Waals surface area contributed by atoms with Crippen LogP contribution in [0.25, 0.3) is 0 Å². The molecule has 252 valence electrons. The van der Waals surface area contributed by atoms with Crippen molar-refractivity contribution in [3.8, 4) is 0 Å². The molecule has 0 aromatic heterocycles. The van der Waals surface area contributed by atoms with E-state index in [1.165, 1.54) is 19.3 Å². The number of Topliss-reactive ketones (excluding diaryl/α,β-unsaturated/α-hetero) is 1. The van der Waals surface area contributed by atoms with Gasteiger partial charge in [0.15, 0.2) is 0 Å². The standard InChI is InChI=1S/C35H61N3O5S/c1-24-11-16-35-17-12-27(39)31(35)34(24,4)28(43-30(41)23-44-26-13-19-38(20-14-26)29(40)22-37)21-33(3,32(42)25(35)2)15-9-7-5-6-8-10-18-36/h24-26,28,31-32,42H,5-23,36-37H2,1-4H3/t24-,25+,28-,31+,32+,33+,34+,35+/m1/s1. The molecule has 1 heterocycles. The van der Waals surface area contributed by atoms with Gasteiger partial charge in [0.25, 0.3) is 0 Å². The molecular weight excluding hydrogens is 574 g/mol. The van der Waals surface area contributed by atoms with Crippen LogP contribution in [0.3, 0.4) is 0 Å². The molecular formula is C35H61N3O5S. The van der Waals surface area contributed by atoms with Crippen LogP contribution in [0.15, 0.2) is 0 Å². The van der Waals surface area contributed by atoms with Crippen LogP contribution in [0, 0.1) is 34.0 Å². The first-order valence-corrected chi connectivity index (χ1v) is 18.7. The number of aliphatic hydroxyl groups is 1. The van der Waals surface area contributed by atoms with Gasteiger partial charge in [-0.15, -0.1) is 11.8 Å². The van der Waals surface area contributed by atoms with E-state index in [1.807, 2.05) is 4.90 Å². The van der Waals surface area contributed by atoms with Crippen molar-refractivity contribution in [2.24, 2.45) is 45.5 Å². The quantitative estimate of drug-likeness (QED) is 0.188. The molecule has 1 aliphatic heterocycles. The Morgan fingerprint density at radius 2 is 1.66 bits per heavy atom. The van der Waals surface area contributed by atoms with Gasteiger partial charge in [0.05, 0.1) is 18.4 Å². The predicted molar refractivity (Wildman–Crippen MR) is 177 cm³/mol. The molecule has 0 aromatic carbocycles. The highest BCUT2D eigenvalue weighted by Crippen LogP contribution is 2.68. The van der Waals surface area contributed by atoms with Gasteiger partial charge in [-0.05, 0) is 80.6 Å². The average molecular weight is 636 g/mol. The minimum atomic E-state index is -0.553. The van der Waals surface area contributed by atoms with Crippen molar-refractivity contribution in [2.45, 2.75) is 135 Å². The Morgan fingerprint density at radius 3 is 2.32 bits per heavy atom. The Kier molecular flexibility index (Phi) is 12.3. The summed E-state index contributed by atoms with van der Waals surface area (Å²) in [5.74, 6) is 0.394. The largest absolute Gasteiger partial charge is 0.461 e. The fraction of sp³-hybridized carbons (Fsp3) is 0.914. The molecule has 8 atom stereocenters. The SMILES string of the molecule is C[C@@H]1CC[C@@]23CCC(=O)[C@H]2[C@]1(C)[C@H](OC(=O)CSC1CCN(C(=O)CN)CC1)C[C@](C)(CCCCCCCCN)[C@@H](O)[C@@H]3C. The van der Waals surface area contributed by atoms with E-state index in [2.05, 4.69) is 27.7 Å². The number of rotatable bonds is 13. The van der Waals surface area contributed by atoms with E-state index in [1.54, 1.807) is 11.8 Å². The van der Waals surface area contributed by atoms with Gasteiger partial charge in [0.1, 0.15) is 11.9 Å². The highest BCUT2D eigenvalue weighted by atomic mass is 32.2. The molecule has 0 unspecified atom stereocenters. The highest BCUT2D eigenvalue weighted by Gasteiger charge is 2.68. The maximum absolute atomic E-state index is 13.8. The number of hydrogen-bond acceptors (Lipinski definition) is 8. The summed E-state index contributed by atoms with van der Waals surface area (Å²) in [7, 11) is 0. The van der Waals surface area contributed by atoms with Crippen molar-refractivity contribution >= 4 is 29.4 Å². The molecule has 1 amide bonds. The van der Waals surface area contributed by atoms with Crippen molar-refractivity contribution in [2.75, 3.05) is 31.9 Å². The van der Waals surface area contributed by atoms with E-state index >= 15 is 0 Å². The molecule has 9 heteroatoms. The minimum Gasteiger partial charge on any atom is -0.461 e. The molecule has 5 N–H and O–H groups in total. The van der Waals surface area contributed by atoms with Gasteiger partial charge >= 0.3 is 5.97 Å². The van der Waals surface area contributed by atoms with Crippen LogP contribution in [0.2, 0.25) is 0 Å². The number of hydrogen-bond donors (Lipinski definition) is 3. The van der Waals surface area contributed by atoms with Gasteiger partial charge in [-0.25, -0.2) is 0 Å². The number of nitrogens with two attached hydrogens (primary N) is 2. The fourth-order valence-electron chi connectivity index (χ4n) is 9.76. The van der Waals surface area contributed by atoms with E-state index in [-0.39, 0.29) is 47.3 Å². The van der Waals surface area contributed by atoms with Crippen LogP contribution in [0.1, 0.15) is 118 Å². The lowest BCUT2D eigenvalue weighted by molar-refractivity contribution is -0.211. The molecule has 3 aliphatic carbocycles. The van der Waals surface area contributed by atoms with Crippen molar-refractivity contribution in [3.63, 3.8) is 0 Å². The second kappa shape index (κ2) is 15.2. The monoisotopic (exact) mass is 635 g/mol. The number of carbonyl (C=O) groups is 3. The smallest absolute Gasteiger partial charge is 0.316 e. The van der Waals surface area contributed by atoms with Crippen LogP contribution in [0.4, 0.5) is 0 Å². The van der Waals surface area contributed by atoms with Crippen LogP contribution >= 0.6 is 11.8 Å². The topological polar surface area (TPSA) is 136 Å². The van der Waals surface area contributed by atoms with Crippen molar-refractivity contribution in [3.05, 3.63) is 0 Å². The van der Waals surface area contributed by atoms with E-state index in [0.717, 1.165) is 64.3 Å². The Bertz CT molecular complexity index is 1000. The van der Waals surface area contributed by atoms with E-state index in [4.69, 9.17) is 16.2 Å². The highest BCUT2D eigenvalue weighted by molar-refractivity contribution is 8.00. The van der Waals surface area contributed by atoms with Gasteiger partial charge in [0, 0.05) is 36.1 Å². The third kappa shape index (κ3) is 7.21. The van der Waals surface area contributed by atoms with Crippen LogP contribution in [0.5, 0.6) is 0 Å². The molecule has 44 heavy (non-hydrogen) atoms. The minimum absolute atomic E-state index is 0.0179. The van der Waals surface area contributed by atoms with Crippen LogP contribution in [-0.2, 0) is 19.1 Å². The maximum atomic E-state index is 13.8. The Balaban J connectivity index is 1.51. The van der Waals surface area contributed by atoms with Gasteiger partial charge in [-0.3, -0.25) is 14.4 Å². The number of nitrogens with zero attached hydrogens (tertiary/aromatic N) is 1. The predicted octanol–water partition coefficient (Wildman–Crippen LogP) is 5.08. The molecule has 3 saturated carbocycles. The number of carbonyl (C=O) groups excluding carboxylic acids is 3. The summed E-state index contributed by atoms with van der Waals surface area (Å²) in [5, 5.41) is 12.5. The Morgan fingerprint density at radius 1 is 1.00 bits per heavy atom. The van der Waals surface area contributed by atoms with E-state index in [9.17, 15) is 19.5 Å². The van der Waals surface area contributed by atoms with Gasteiger partial charge in [-0.1, -0.05) is 59.8 Å². The number of amides is 1. The summed E-state index contributed by atoms with van der Waals surface area (Å²) >= 11 is 1.62. The lowest BCUT2D eigenvalue weighted by Gasteiger charge is -2.62. The number of ketones is 1. The van der Waals surface area contributed by atoms with E-state index in [0.29, 0.717) is 37.0 Å². The zero-order valence-corrected chi connectivity index (χ0v) is 28.8. The molecule has 4 aliphatic rings. The van der Waals surface area contributed by atoms with Crippen molar-refractivity contribution in [1.29, 1.82) is 0 Å². The molecule has 1 saturated heterocycles. The van der Waals surface area contributed by atoms with Crippen LogP contribution in [-0.4, -0.2) is 77.1 Å². The number of esters is 1. The van der Waals surface area contributed by atoms with Crippen LogP contribution < -0.4 is 11.5 Å². The summed E-state index contributed by atoms with van der Waals surface area (Å²) < 4.78 is 6.54. The zero-order chi connectivity index (χ0) is 32.1. The molecule has 2 bridgehead atoms. The number of likely N-dealkylation sites (tertiary alicyclic amines) is 1. The normalized spacial score (nSPS) is 37.8. The number of unbranched alkanes of at least 4 members (excludes halogenated alkanes) is 5. The van der Waals surface area contributed by atoms with Gasteiger partial charge in [0.2, 0.25) is 5.91 Å². The first-order chi connectivity index (χ1) is 20.9. The lowest BCUT2D eigenvalue weighted by Crippen LogP contribution is -2.63. The molecule has 4 rings (SSSR count). The van der Waals surface area contributed by atoms with Gasteiger partial charge in [-0.2, -0.15) is 0 Å². The number of aliphatic hydroxyl groups excluding tert-OH is 1. The number of piperidine rings is 1. The molecule has 8 nitrogen and oxygen atoms in total. The summed E-state index contributed by atoms with van der Waals surface area (Å²) in [6.07, 6.45) is 12.3. The lowest BCUT2D eigenvalue weighted by atomic mass is 9.43. The number of ether oxygens (including phenoxy) is 1. The van der Waals surface area contributed by atoms with Gasteiger partial charge < -0.3 is 26.2 Å². The first kappa shape index (κ1) is 35.7. The molecule has 4 fully saturated rings. The second-order valence-electron chi connectivity index (χ2n) is 15.3.